The van der Waals surface area contributed by atoms with E-state index in [0.717, 1.165) is 24.8 Å². The Morgan fingerprint density at radius 2 is 1.93 bits per heavy atom. The number of hydrogen-bond acceptors (Lipinski definition) is 2. The van der Waals surface area contributed by atoms with Crippen LogP contribution in [-0.2, 0) is 22.0 Å². The van der Waals surface area contributed by atoms with Gasteiger partial charge in [0.05, 0.1) is 11.6 Å². The van der Waals surface area contributed by atoms with E-state index in [1.54, 1.807) is 0 Å². The molecule has 0 amide bonds. The Hall–Kier alpha value is -2.16. The number of nitrogens with one attached hydrogen (secondary N) is 1. The highest BCUT2D eigenvalue weighted by Gasteiger charge is 2.49. The van der Waals surface area contributed by atoms with Crippen molar-refractivity contribution < 1.29 is 4.79 Å². The number of benzene rings is 1. The van der Waals surface area contributed by atoms with Crippen LogP contribution in [0.3, 0.4) is 0 Å². The molecule has 0 bridgehead atoms. The van der Waals surface area contributed by atoms with E-state index in [2.05, 4.69) is 76.0 Å². The molecule has 0 fully saturated rings. The highest BCUT2D eigenvalue weighted by atomic mass is 16.1. The Kier molecular flexibility index (Phi) is 4.22. The van der Waals surface area contributed by atoms with Gasteiger partial charge in [0.1, 0.15) is 0 Å². The second kappa shape index (κ2) is 6.17. The molecule has 28 heavy (non-hydrogen) atoms. The zero-order valence-corrected chi connectivity index (χ0v) is 18.1. The van der Waals surface area contributed by atoms with E-state index >= 15 is 0 Å². The fourth-order valence-corrected chi connectivity index (χ4v) is 5.43. The summed E-state index contributed by atoms with van der Waals surface area (Å²) >= 11 is 0. The van der Waals surface area contributed by atoms with Gasteiger partial charge in [-0.05, 0) is 34.8 Å². The van der Waals surface area contributed by atoms with Crippen LogP contribution in [0.2, 0.25) is 0 Å². The minimum absolute atomic E-state index is 0.0280. The second-order valence-corrected chi connectivity index (χ2v) is 10.4. The van der Waals surface area contributed by atoms with Crippen molar-refractivity contribution in [3.05, 3.63) is 64.0 Å². The summed E-state index contributed by atoms with van der Waals surface area (Å²) in [6.45, 7) is 13.4. The van der Waals surface area contributed by atoms with Crippen LogP contribution >= 0.6 is 0 Å². The van der Waals surface area contributed by atoms with Gasteiger partial charge >= 0.3 is 0 Å². The lowest BCUT2D eigenvalue weighted by Gasteiger charge is -2.45. The average Bonchev–Trinajstić information content (AvgIpc) is 3.06. The number of aromatic amines is 1. The summed E-state index contributed by atoms with van der Waals surface area (Å²) in [6.07, 6.45) is 5.24. The van der Waals surface area contributed by atoms with Gasteiger partial charge in [0, 0.05) is 29.7 Å². The molecule has 0 radical (unpaired) electrons. The van der Waals surface area contributed by atoms with Gasteiger partial charge in [-0.2, -0.15) is 5.10 Å². The molecule has 0 spiro atoms. The number of Topliss-reactive ketones (excluding diaryl/α,β-unsaturated/α-hetero) is 1. The number of H-pyrrole nitrogens is 1. The molecule has 4 rings (SSSR count). The van der Waals surface area contributed by atoms with E-state index in [1.807, 2.05) is 6.20 Å². The van der Waals surface area contributed by atoms with Gasteiger partial charge in [0.25, 0.3) is 0 Å². The van der Waals surface area contributed by atoms with Gasteiger partial charge in [-0.3, -0.25) is 9.89 Å². The maximum absolute atomic E-state index is 13.5. The van der Waals surface area contributed by atoms with Gasteiger partial charge in [-0.15, -0.1) is 0 Å². The van der Waals surface area contributed by atoms with Crippen LogP contribution in [0, 0.1) is 5.41 Å². The van der Waals surface area contributed by atoms with Crippen molar-refractivity contribution in [2.45, 2.75) is 78.1 Å². The molecule has 3 heteroatoms. The summed E-state index contributed by atoms with van der Waals surface area (Å²) in [7, 11) is 0. The maximum Gasteiger partial charge on any atom is 0.160 e. The number of allylic oxidation sites excluding steroid dienone is 2. The molecule has 2 aliphatic carbocycles. The molecule has 2 aromatic rings. The first kappa shape index (κ1) is 19.2. The third-order valence-corrected chi connectivity index (χ3v) is 6.71. The number of hydrogen-bond donors (Lipinski definition) is 1. The molecule has 148 valence electrons. The van der Waals surface area contributed by atoms with Gasteiger partial charge in [-0.1, -0.05) is 71.4 Å². The lowest BCUT2D eigenvalue weighted by molar-refractivity contribution is -0.118. The molecule has 1 atom stereocenters. The molecule has 1 aromatic heterocycles. The largest absolute Gasteiger partial charge is 0.294 e. The molecular formula is C25H32N2O. The van der Waals surface area contributed by atoms with Crippen LogP contribution in [0.15, 0.2) is 41.6 Å². The molecule has 1 heterocycles. The zero-order valence-electron chi connectivity index (χ0n) is 18.1. The fraction of sp³-hybridized carbons (Fsp3) is 0.520. The lowest BCUT2D eigenvalue weighted by Crippen LogP contribution is -2.42. The van der Waals surface area contributed by atoms with Gasteiger partial charge in [0.15, 0.2) is 5.78 Å². The summed E-state index contributed by atoms with van der Waals surface area (Å²) in [4.78, 5) is 13.5. The first-order chi connectivity index (χ1) is 13.1. The standard InChI is InChI=1S/C25H32N2O/c1-7-25(18-10-8-9-17(12-18)23(2,3)4)19-15-26-27-20(19)11-16-13-24(5,6)14-21(28)22(16)25/h8-10,12,15H,7,11,13-14H2,1-6H3,(H,26,27). The number of carbonyl (C=O) groups excluding carboxylic acids is 1. The maximum atomic E-state index is 13.5. The quantitative estimate of drug-likeness (QED) is 0.736. The minimum Gasteiger partial charge on any atom is -0.294 e. The summed E-state index contributed by atoms with van der Waals surface area (Å²) in [5.74, 6) is 0.320. The van der Waals surface area contributed by atoms with E-state index in [0.29, 0.717) is 12.2 Å². The van der Waals surface area contributed by atoms with Crippen molar-refractivity contribution in [2.75, 3.05) is 0 Å². The van der Waals surface area contributed by atoms with Gasteiger partial charge in [0.2, 0.25) is 0 Å². The first-order valence-corrected chi connectivity index (χ1v) is 10.5. The Labute approximate surface area is 168 Å². The Morgan fingerprint density at radius 3 is 2.61 bits per heavy atom. The fourth-order valence-electron chi connectivity index (χ4n) is 5.43. The van der Waals surface area contributed by atoms with Crippen LogP contribution in [0.4, 0.5) is 0 Å². The van der Waals surface area contributed by atoms with Crippen molar-refractivity contribution in [1.82, 2.24) is 10.2 Å². The molecule has 0 aliphatic heterocycles. The number of carbonyl (C=O) groups is 1. The van der Waals surface area contributed by atoms with Crippen molar-refractivity contribution in [3.63, 3.8) is 0 Å². The highest BCUT2D eigenvalue weighted by molar-refractivity contribution is 6.01. The zero-order chi connectivity index (χ0) is 20.3. The number of nitrogens with zero attached hydrogens (tertiary/aromatic N) is 1. The van der Waals surface area contributed by atoms with E-state index in [1.165, 1.54) is 28.0 Å². The van der Waals surface area contributed by atoms with E-state index in [9.17, 15) is 4.79 Å². The van der Waals surface area contributed by atoms with Crippen molar-refractivity contribution >= 4 is 5.78 Å². The summed E-state index contributed by atoms with van der Waals surface area (Å²) in [6, 6.07) is 8.88. The number of aromatic nitrogens is 2. The minimum atomic E-state index is -0.398. The third kappa shape index (κ3) is 2.78. The van der Waals surface area contributed by atoms with E-state index < -0.39 is 5.41 Å². The summed E-state index contributed by atoms with van der Waals surface area (Å²) < 4.78 is 0. The number of ketones is 1. The van der Waals surface area contributed by atoms with Crippen LogP contribution in [-0.4, -0.2) is 16.0 Å². The molecular weight excluding hydrogens is 344 g/mol. The average molecular weight is 377 g/mol. The Bertz CT molecular complexity index is 970. The normalized spacial score (nSPS) is 24.1. The first-order valence-electron chi connectivity index (χ1n) is 10.5. The third-order valence-electron chi connectivity index (χ3n) is 6.71. The SMILES string of the molecule is CCC1(c2cccc(C(C)(C)C)c2)C2=C(Cc3[nH]ncc31)CC(C)(C)CC2=O. The summed E-state index contributed by atoms with van der Waals surface area (Å²) in [5.41, 5.74) is 6.94. The molecule has 1 N–H and O–H groups in total. The molecule has 1 aromatic carbocycles. The predicted molar refractivity (Wildman–Crippen MR) is 114 cm³/mol. The monoisotopic (exact) mass is 376 g/mol. The smallest absolute Gasteiger partial charge is 0.160 e. The van der Waals surface area contributed by atoms with Gasteiger partial charge in [-0.25, -0.2) is 0 Å². The Balaban J connectivity index is 2.01. The highest BCUT2D eigenvalue weighted by Crippen LogP contribution is 2.53. The number of fused-ring (bicyclic) bond motifs is 1. The van der Waals surface area contributed by atoms with Crippen LogP contribution in [0.5, 0.6) is 0 Å². The van der Waals surface area contributed by atoms with E-state index in [-0.39, 0.29) is 10.8 Å². The second-order valence-electron chi connectivity index (χ2n) is 10.4. The van der Waals surface area contributed by atoms with Crippen molar-refractivity contribution in [2.24, 2.45) is 5.41 Å². The van der Waals surface area contributed by atoms with Crippen molar-refractivity contribution in [3.8, 4) is 0 Å². The number of rotatable bonds is 2. The summed E-state index contributed by atoms with van der Waals surface area (Å²) in [5, 5.41) is 7.64. The molecule has 3 nitrogen and oxygen atoms in total. The van der Waals surface area contributed by atoms with Crippen LogP contribution < -0.4 is 0 Å². The van der Waals surface area contributed by atoms with Gasteiger partial charge < -0.3 is 0 Å². The molecule has 0 saturated carbocycles. The predicted octanol–water partition coefficient (Wildman–Crippen LogP) is 5.65. The van der Waals surface area contributed by atoms with Crippen molar-refractivity contribution in [1.29, 1.82) is 0 Å². The van der Waals surface area contributed by atoms with Crippen LogP contribution in [0.25, 0.3) is 0 Å². The topological polar surface area (TPSA) is 45.8 Å². The molecule has 1 unspecified atom stereocenters. The van der Waals surface area contributed by atoms with E-state index in [4.69, 9.17) is 0 Å². The lowest BCUT2D eigenvalue weighted by atomic mass is 9.57. The Morgan fingerprint density at radius 1 is 1.18 bits per heavy atom. The molecule has 0 saturated heterocycles. The molecule has 2 aliphatic rings. The van der Waals surface area contributed by atoms with Crippen LogP contribution in [0.1, 0.15) is 83.2 Å².